The number of pyridine rings is 1. The highest BCUT2D eigenvalue weighted by Crippen LogP contribution is 2.06. The minimum absolute atomic E-state index is 0.345. The average Bonchev–Trinajstić information content (AvgIpc) is 2.45. The highest BCUT2D eigenvalue weighted by molar-refractivity contribution is 5.88. The second kappa shape index (κ2) is 8.66. The number of likely N-dealkylation sites (N-methyl/N-ethyl adjacent to an activating group) is 1. The second-order valence-corrected chi connectivity index (χ2v) is 5.11. The molecule has 0 atom stereocenters. The van der Waals surface area contributed by atoms with Gasteiger partial charge in [0.25, 0.3) is 0 Å². The Labute approximate surface area is 121 Å². The lowest BCUT2D eigenvalue weighted by Gasteiger charge is -2.23. The van der Waals surface area contributed by atoms with Gasteiger partial charge in [-0.1, -0.05) is 6.92 Å². The molecule has 0 amide bonds. The van der Waals surface area contributed by atoms with Gasteiger partial charge in [0.05, 0.1) is 18.4 Å². The maximum atomic E-state index is 11.3. The smallest absolute Gasteiger partial charge is 0.339 e. The third-order valence-corrected chi connectivity index (χ3v) is 3.03. The zero-order valence-corrected chi connectivity index (χ0v) is 12.9. The Morgan fingerprint density at radius 2 is 2.00 bits per heavy atom. The zero-order valence-electron chi connectivity index (χ0n) is 12.9. The van der Waals surface area contributed by atoms with Crippen molar-refractivity contribution in [1.82, 2.24) is 14.8 Å². The fourth-order valence-electron chi connectivity index (χ4n) is 1.91. The maximum Gasteiger partial charge on any atom is 0.339 e. The summed E-state index contributed by atoms with van der Waals surface area (Å²) in [5.74, 6) is -0.345. The van der Waals surface area contributed by atoms with Gasteiger partial charge in [-0.3, -0.25) is 9.88 Å². The molecule has 0 bridgehead atoms. The minimum Gasteiger partial charge on any atom is -0.465 e. The number of carbonyl (C=O) groups is 1. The van der Waals surface area contributed by atoms with Gasteiger partial charge in [-0.25, -0.2) is 4.79 Å². The first kappa shape index (κ1) is 16.6. The molecule has 0 fully saturated rings. The molecular formula is C15H25N3O2. The molecule has 0 aliphatic carbocycles. The van der Waals surface area contributed by atoms with E-state index in [0.717, 1.165) is 38.3 Å². The molecule has 0 saturated heterocycles. The Morgan fingerprint density at radius 1 is 1.25 bits per heavy atom. The summed E-state index contributed by atoms with van der Waals surface area (Å²) >= 11 is 0. The fraction of sp³-hybridized carbons (Fsp3) is 0.600. The van der Waals surface area contributed by atoms with Crippen LogP contribution in [0.5, 0.6) is 0 Å². The number of hydrogen-bond acceptors (Lipinski definition) is 5. The lowest BCUT2D eigenvalue weighted by Crippen LogP contribution is -2.32. The molecule has 0 aliphatic rings. The molecule has 1 heterocycles. The van der Waals surface area contributed by atoms with E-state index in [1.807, 2.05) is 6.07 Å². The summed E-state index contributed by atoms with van der Waals surface area (Å²) in [6.07, 6.45) is 2.70. The van der Waals surface area contributed by atoms with Gasteiger partial charge in [0.15, 0.2) is 0 Å². The lowest BCUT2D eigenvalue weighted by molar-refractivity contribution is 0.0600. The quantitative estimate of drug-likeness (QED) is 0.677. The highest BCUT2D eigenvalue weighted by atomic mass is 16.5. The number of rotatable bonds is 8. The minimum atomic E-state index is -0.345. The van der Waals surface area contributed by atoms with Crippen molar-refractivity contribution in [3.05, 3.63) is 29.6 Å². The van der Waals surface area contributed by atoms with Crippen molar-refractivity contribution in [2.45, 2.75) is 19.9 Å². The van der Waals surface area contributed by atoms with E-state index in [4.69, 9.17) is 0 Å². The summed E-state index contributed by atoms with van der Waals surface area (Å²) in [6.45, 7) is 6.08. The molecule has 0 aromatic carbocycles. The van der Waals surface area contributed by atoms with Crippen LogP contribution in [0, 0.1) is 0 Å². The van der Waals surface area contributed by atoms with Crippen LogP contribution in [0.3, 0.4) is 0 Å². The van der Waals surface area contributed by atoms with Crippen molar-refractivity contribution >= 4 is 5.97 Å². The van der Waals surface area contributed by atoms with Crippen LogP contribution in [0.15, 0.2) is 18.3 Å². The van der Waals surface area contributed by atoms with Crippen molar-refractivity contribution < 1.29 is 9.53 Å². The molecule has 0 saturated carbocycles. The summed E-state index contributed by atoms with van der Waals surface area (Å²) < 4.78 is 4.67. The van der Waals surface area contributed by atoms with E-state index in [1.54, 1.807) is 12.3 Å². The second-order valence-electron chi connectivity index (χ2n) is 5.11. The molecule has 20 heavy (non-hydrogen) atoms. The van der Waals surface area contributed by atoms with E-state index < -0.39 is 0 Å². The number of methoxy groups -OCH3 is 1. The van der Waals surface area contributed by atoms with Crippen LogP contribution in [0.25, 0.3) is 0 Å². The molecule has 0 aliphatic heterocycles. The van der Waals surface area contributed by atoms with E-state index in [9.17, 15) is 4.79 Å². The Morgan fingerprint density at radius 3 is 2.50 bits per heavy atom. The zero-order chi connectivity index (χ0) is 15.0. The first-order valence-corrected chi connectivity index (χ1v) is 6.97. The first-order valence-electron chi connectivity index (χ1n) is 6.97. The van der Waals surface area contributed by atoms with Crippen molar-refractivity contribution in [2.24, 2.45) is 0 Å². The van der Waals surface area contributed by atoms with E-state index in [0.29, 0.717) is 5.56 Å². The molecule has 0 unspecified atom stereocenters. The summed E-state index contributed by atoms with van der Waals surface area (Å²) in [5.41, 5.74) is 1.47. The molecule has 1 rings (SSSR count). The van der Waals surface area contributed by atoms with Crippen molar-refractivity contribution in [1.29, 1.82) is 0 Å². The Hall–Kier alpha value is -1.46. The van der Waals surface area contributed by atoms with Gasteiger partial charge < -0.3 is 9.64 Å². The Kier molecular flexibility index (Phi) is 7.18. The standard InChI is InChI=1S/C15H25N3O2/c1-5-8-18(10-9-17(2)3)12-14-7-6-13(11-16-14)15(19)20-4/h6-7,11H,5,8-10,12H2,1-4H3. The molecule has 0 N–H and O–H groups in total. The maximum absolute atomic E-state index is 11.3. The van der Waals surface area contributed by atoms with Gasteiger partial charge >= 0.3 is 5.97 Å². The SMILES string of the molecule is CCCN(CCN(C)C)Cc1ccc(C(=O)OC)cn1. The lowest BCUT2D eigenvalue weighted by atomic mass is 10.2. The van der Waals surface area contributed by atoms with E-state index in [2.05, 4.69) is 40.5 Å². The van der Waals surface area contributed by atoms with E-state index in [-0.39, 0.29) is 5.97 Å². The van der Waals surface area contributed by atoms with Crippen LogP contribution in [-0.4, -0.2) is 61.6 Å². The molecule has 112 valence electrons. The predicted octanol–water partition coefficient (Wildman–Crippen LogP) is 1.64. The van der Waals surface area contributed by atoms with E-state index in [1.165, 1.54) is 7.11 Å². The topological polar surface area (TPSA) is 45.7 Å². The molecule has 0 spiro atoms. The van der Waals surface area contributed by atoms with Crippen molar-refractivity contribution in [3.8, 4) is 0 Å². The molecule has 5 heteroatoms. The molecule has 1 aromatic heterocycles. The van der Waals surface area contributed by atoms with Crippen LogP contribution < -0.4 is 0 Å². The summed E-state index contributed by atoms with van der Waals surface area (Å²) in [6, 6.07) is 3.66. The molecule has 0 radical (unpaired) electrons. The van der Waals surface area contributed by atoms with Gasteiger partial charge in [-0.05, 0) is 39.2 Å². The third kappa shape index (κ3) is 5.67. The van der Waals surface area contributed by atoms with Crippen molar-refractivity contribution in [2.75, 3.05) is 40.8 Å². The third-order valence-electron chi connectivity index (χ3n) is 3.03. The van der Waals surface area contributed by atoms with Gasteiger partial charge in [0, 0.05) is 25.8 Å². The Balaban J connectivity index is 2.61. The van der Waals surface area contributed by atoms with Crippen LogP contribution in [0.2, 0.25) is 0 Å². The van der Waals surface area contributed by atoms with Gasteiger partial charge in [-0.15, -0.1) is 0 Å². The van der Waals surface area contributed by atoms with Crippen LogP contribution in [-0.2, 0) is 11.3 Å². The molecule has 1 aromatic rings. The van der Waals surface area contributed by atoms with Crippen LogP contribution in [0.1, 0.15) is 29.4 Å². The van der Waals surface area contributed by atoms with E-state index >= 15 is 0 Å². The number of hydrogen-bond donors (Lipinski definition) is 0. The number of ether oxygens (including phenoxy) is 1. The highest BCUT2D eigenvalue weighted by Gasteiger charge is 2.09. The number of carbonyl (C=O) groups excluding carboxylic acids is 1. The molecular weight excluding hydrogens is 254 g/mol. The predicted molar refractivity (Wildman–Crippen MR) is 79.7 cm³/mol. The van der Waals surface area contributed by atoms with Gasteiger partial charge in [0.2, 0.25) is 0 Å². The van der Waals surface area contributed by atoms with Crippen LogP contribution in [0.4, 0.5) is 0 Å². The average molecular weight is 279 g/mol. The number of nitrogens with zero attached hydrogens (tertiary/aromatic N) is 3. The Bertz CT molecular complexity index is 404. The summed E-state index contributed by atoms with van der Waals surface area (Å²) in [4.78, 5) is 20.2. The molecule has 5 nitrogen and oxygen atoms in total. The first-order chi connectivity index (χ1) is 9.56. The monoisotopic (exact) mass is 279 g/mol. The summed E-state index contributed by atoms with van der Waals surface area (Å²) in [7, 11) is 5.53. The fourth-order valence-corrected chi connectivity index (χ4v) is 1.91. The van der Waals surface area contributed by atoms with Gasteiger partial charge in [-0.2, -0.15) is 0 Å². The number of aromatic nitrogens is 1. The largest absolute Gasteiger partial charge is 0.465 e. The van der Waals surface area contributed by atoms with Crippen molar-refractivity contribution in [3.63, 3.8) is 0 Å². The van der Waals surface area contributed by atoms with Crippen LogP contribution >= 0.6 is 0 Å². The van der Waals surface area contributed by atoms with Gasteiger partial charge in [0.1, 0.15) is 0 Å². The normalized spacial score (nSPS) is 11.1. The summed E-state index contributed by atoms with van der Waals surface area (Å²) in [5, 5.41) is 0. The number of esters is 1.